The van der Waals surface area contributed by atoms with Crippen LogP contribution in [-0.4, -0.2) is 240 Å². The highest BCUT2D eigenvalue weighted by Crippen LogP contribution is 2.41. The van der Waals surface area contributed by atoms with Crippen molar-refractivity contribution in [2.24, 2.45) is 15.0 Å². The number of ether oxygens (including phenoxy) is 3. The average molecular weight is 1670 g/mol. The number of nitrogens with one attached hydrogen (secondary N) is 6. The fourth-order valence-corrected chi connectivity index (χ4v) is 15.8. The molecular formula is C69H74Cl3F4N19O12S4. The van der Waals surface area contributed by atoms with Crippen LogP contribution < -0.4 is 38.1 Å². The average Bonchev–Trinajstić information content (AvgIpc) is 1.40. The van der Waals surface area contributed by atoms with Gasteiger partial charge in [0.2, 0.25) is 0 Å². The van der Waals surface area contributed by atoms with Gasteiger partial charge in [0.15, 0.2) is 32.5 Å². The zero-order chi connectivity index (χ0) is 76.8. The second kappa shape index (κ2) is 37.5. The Hall–Kier alpha value is -9.81. The number of fused-ring (bicyclic) bond motifs is 3. The highest BCUT2D eigenvalue weighted by Gasteiger charge is 2.47. The summed E-state index contributed by atoms with van der Waals surface area (Å²) in [5.74, 6) is -3.14. The van der Waals surface area contributed by atoms with E-state index >= 15 is 0 Å². The number of halogens is 7. The maximum Gasteiger partial charge on any atom is 0.338 e. The van der Waals surface area contributed by atoms with E-state index in [1.54, 1.807) is 34.7 Å². The summed E-state index contributed by atoms with van der Waals surface area (Å²) in [7, 11) is 3.80. The molecule has 6 aromatic rings. The van der Waals surface area contributed by atoms with Crippen LogP contribution in [0.5, 0.6) is 0 Å². The molecule has 3 aromatic heterocycles. The molecule has 9 aliphatic rings. The van der Waals surface area contributed by atoms with Crippen LogP contribution in [-0.2, 0) is 43.0 Å². The summed E-state index contributed by atoms with van der Waals surface area (Å²) in [5, 5.41) is 24.2. The summed E-state index contributed by atoms with van der Waals surface area (Å²) in [6, 6.07) is 6.14. The lowest BCUT2D eigenvalue weighted by atomic mass is 9.95. The molecule has 9 aliphatic heterocycles. The first kappa shape index (κ1) is 85.2. The number of imide groups is 3. The number of carbonyl (C=O) groups excluding carboxylic acids is 9. The number of nitrogens with zero attached hydrogens (tertiary/aromatic N) is 12. The Bertz CT molecular complexity index is 4290. The third-order valence-electron chi connectivity index (χ3n) is 18.2. The standard InChI is InChI=1S/3C22H20ClFN6O4S.CH3FS.2CH4.H3N/c3*1-34-21(32)16-14(9-29-5-6-30-15(10-29)19(31)28-22(30)33)26-18(20-25-4-7-35-20)27-17(16)12-3-2-11(24)8-13(12)23;1-3-2;;;/h3*2-4,7-8,15,17H,5-6,9-10H2,1H3,(H,26,27)(H,28,31,33);1H3;2*1H4;1H3/t15?,17-;15-,17+;15-,17-;;;;/m010..../s1. The van der Waals surface area contributed by atoms with Crippen molar-refractivity contribution < 1.29 is 74.4 Å². The minimum Gasteiger partial charge on any atom is -0.466 e. The van der Waals surface area contributed by atoms with Gasteiger partial charge in [-0.25, -0.2) is 56.9 Å². The summed E-state index contributed by atoms with van der Waals surface area (Å²) >= 11 is 23.4. The zero-order valence-electron chi connectivity index (χ0n) is 57.9. The Morgan fingerprint density at radius 2 is 0.730 bits per heavy atom. The van der Waals surface area contributed by atoms with Crippen molar-refractivity contribution in [2.45, 2.75) is 51.1 Å². The Labute approximate surface area is 664 Å². The Kier molecular flexibility index (Phi) is 28.8. The molecule has 9 N–H and O–H groups in total. The number of hydrogen-bond donors (Lipinski definition) is 7. The van der Waals surface area contributed by atoms with E-state index in [9.17, 15) is 60.2 Å². The maximum atomic E-state index is 13.8. The molecule has 6 saturated heterocycles. The highest BCUT2D eigenvalue weighted by atomic mass is 35.5. The fourth-order valence-electron chi connectivity index (χ4n) is 13.2. The van der Waals surface area contributed by atoms with E-state index in [2.05, 4.69) is 46.9 Å². The van der Waals surface area contributed by atoms with E-state index in [1.165, 1.54) is 131 Å². The lowest BCUT2D eigenvalue weighted by molar-refractivity contribution is -0.137. The first-order valence-corrected chi connectivity index (χ1v) is 37.6. The molecule has 6 atom stereocenters. The van der Waals surface area contributed by atoms with E-state index in [1.807, 2.05) is 14.7 Å². The zero-order valence-corrected chi connectivity index (χ0v) is 63.4. The molecule has 0 aliphatic carbocycles. The van der Waals surface area contributed by atoms with Crippen LogP contribution in [0.2, 0.25) is 15.1 Å². The molecule has 42 heteroatoms. The maximum absolute atomic E-state index is 13.8. The summed E-state index contributed by atoms with van der Waals surface area (Å²) in [4.78, 5) is 149. The van der Waals surface area contributed by atoms with Gasteiger partial charge in [-0.1, -0.05) is 67.9 Å². The van der Waals surface area contributed by atoms with Crippen molar-refractivity contribution in [3.8, 4) is 0 Å². The van der Waals surface area contributed by atoms with Gasteiger partial charge in [-0.2, -0.15) is 3.89 Å². The first-order valence-electron chi connectivity index (χ1n) is 32.7. The molecule has 111 heavy (non-hydrogen) atoms. The van der Waals surface area contributed by atoms with Crippen LogP contribution in [0.15, 0.2) is 138 Å². The molecule has 15 rings (SSSR count). The summed E-state index contributed by atoms with van der Waals surface area (Å²) in [5.41, 5.74) is 3.47. The van der Waals surface area contributed by atoms with E-state index in [4.69, 9.17) is 64.0 Å². The smallest absolute Gasteiger partial charge is 0.338 e. The van der Waals surface area contributed by atoms with Gasteiger partial charge >= 0.3 is 36.0 Å². The second-order valence-corrected chi connectivity index (χ2v) is 28.8. The van der Waals surface area contributed by atoms with Gasteiger partial charge in [-0.3, -0.25) is 60.0 Å². The SMILES string of the molecule is C.C.COC(=O)C1=C(CN2CCN3C(=O)NC(=O)C3C2)NC(c2nccs2)=N[C@H]1c1ccc(F)cc1Cl.COC(=O)C1=C(CN2CCN3C(=O)NC(=O)[C@@H]3C2)NC(c2nccs2)=N[C@H]1c1ccc(F)cc1Cl.COC(=O)C1=C(CN2CCN3C(=O)NC(=O)[C@H]3C2)NC(c2nccs2)=N[C@H]1c1ccc(F)cc1Cl.CSF.N. The largest absolute Gasteiger partial charge is 0.466 e. The summed E-state index contributed by atoms with van der Waals surface area (Å²) < 4.78 is 66.8. The predicted molar refractivity (Wildman–Crippen MR) is 409 cm³/mol. The monoisotopic (exact) mass is 1670 g/mol. The number of piperazine rings is 3. The van der Waals surface area contributed by atoms with Crippen molar-refractivity contribution in [3.63, 3.8) is 0 Å². The van der Waals surface area contributed by atoms with Crippen LogP contribution in [0.3, 0.4) is 0 Å². The number of amides is 9. The van der Waals surface area contributed by atoms with Crippen molar-refractivity contribution in [1.29, 1.82) is 0 Å². The molecule has 590 valence electrons. The second-order valence-electron chi connectivity index (χ2n) is 24.5. The third kappa shape index (κ3) is 18.7. The number of amidine groups is 3. The number of rotatable bonds is 15. The molecule has 9 amide bonds. The molecule has 0 bridgehead atoms. The Morgan fingerprint density at radius 1 is 0.468 bits per heavy atom. The molecule has 0 spiro atoms. The normalized spacial score (nSPS) is 21.4. The van der Waals surface area contributed by atoms with Crippen molar-refractivity contribution in [1.82, 2.24) is 82.4 Å². The lowest BCUT2D eigenvalue weighted by Crippen LogP contribution is -2.54. The molecule has 31 nitrogen and oxygen atoms in total. The predicted octanol–water partition coefficient (Wildman–Crippen LogP) is 7.74. The Morgan fingerprint density at radius 3 is 0.955 bits per heavy atom. The quantitative estimate of drug-likeness (QED) is 0.0224. The molecule has 0 radical (unpaired) electrons. The number of urea groups is 3. The van der Waals surface area contributed by atoms with Crippen molar-refractivity contribution in [2.75, 3.05) is 106 Å². The van der Waals surface area contributed by atoms with Crippen LogP contribution in [0, 0.1) is 17.5 Å². The fraction of sp³-hybridized carbons (Fsp3) is 0.348. The van der Waals surface area contributed by atoms with Gasteiger partial charge in [-0.05, 0) is 36.4 Å². The van der Waals surface area contributed by atoms with Gasteiger partial charge in [0.05, 0.1) is 38.0 Å². The van der Waals surface area contributed by atoms with E-state index < -0.39 is 89.7 Å². The molecule has 12 heterocycles. The van der Waals surface area contributed by atoms with Crippen molar-refractivity contribution in [3.05, 3.63) is 187 Å². The van der Waals surface area contributed by atoms with E-state index in [-0.39, 0.29) is 102 Å². The first-order chi connectivity index (χ1) is 52.0. The molecule has 1 unspecified atom stereocenters. The van der Waals surface area contributed by atoms with Crippen LogP contribution >= 0.6 is 81.0 Å². The number of esters is 3. The number of carbonyl (C=O) groups is 9. The molecule has 0 saturated carbocycles. The summed E-state index contributed by atoms with van der Waals surface area (Å²) in [6.45, 7) is 4.18. The number of methoxy groups -OCH3 is 3. The number of aliphatic imine (C=N–C) groups is 3. The van der Waals surface area contributed by atoms with Gasteiger partial charge in [0.25, 0.3) is 17.7 Å². The van der Waals surface area contributed by atoms with Crippen LogP contribution in [0.1, 0.15) is 64.7 Å². The van der Waals surface area contributed by atoms with Crippen LogP contribution in [0.4, 0.5) is 31.4 Å². The van der Waals surface area contributed by atoms with Gasteiger partial charge in [0, 0.05) is 181 Å². The van der Waals surface area contributed by atoms with Crippen molar-refractivity contribution >= 4 is 152 Å². The third-order valence-corrected chi connectivity index (χ3v) is 21.5. The van der Waals surface area contributed by atoms with Gasteiger partial charge < -0.3 is 51.0 Å². The van der Waals surface area contributed by atoms with E-state index in [0.29, 0.717) is 125 Å². The van der Waals surface area contributed by atoms with Gasteiger partial charge in [-0.15, -0.1) is 34.0 Å². The van der Waals surface area contributed by atoms with Gasteiger partial charge in [0.1, 0.15) is 53.7 Å². The Balaban J connectivity index is 0.000000185. The minimum absolute atomic E-state index is 0. The van der Waals surface area contributed by atoms with E-state index in [0.717, 1.165) is 0 Å². The minimum atomic E-state index is -0.872. The summed E-state index contributed by atoms with van der Waals surface area (Å²) in [6.07, 6.45) is 6.29. The number of thiazole rings is 3. The van der Waals surface area contributed by atoms with Crippen LogP contribution in [0.25, 0.3) is 0 Å². The molecule has 6 fully saturated rings. The molecular weight excluding hydrogens is 1600 g/mol. The topological polar surface area (TPSA) is 384 Å². The highest BCUT2D eigenvalue weighted by molar-refractivity contribution is 7.93. The molecule has 3 aromatic carbocycles. The number of aromatic nitrogens is 3. The number of hydrogen-bond acceptors (Lipinski definition) is 29. The lowest BCUT2D eigenvalue weighted by Gasteiger charge is -2.37. The number of benzene rings is 3.